The molecule has 4 aromatic rings. The number of anilines is 1. The van der Waals surface area contributed by atoms with Crippen molar-refractivity contribution in [3.63, 3.8) is 0 Å². The van der Waals surface area contributed by atoms with Crippen molar-refractivity contribution >= 4 is 23.0 Å². The Labute approximate surface area is 233 Å². The van der Waals surface area contributed by atoms with E-state index in [4.69, 9.17) is 17.0 Å². The van der Waals surface area contributed by atoms with Gasteiger partial charge in [-0.1, -0.05) is 54.6 Å². The topological polar surface area (TPSA) is 65.0 Å². The number of rotatable bonds is 9. The minimum absolute atomic E-state index is 0.106. The molecule has 7 heteroatoms. The third kappa shape index (κ3) is 5.90. The molecule has 0 aliphatic carbocycles. The number of phenolic OH excluding ortho intramolecular Hbond substituents is 1. The first-order valence-electron chi connectivity index (χ1n) is 13.0. The van der Waals surface area contributed by atoms with Crippen molar-refractivity contribution in [2.24, 2.45) is 0 Å². The lowest BCUT2D eigenvalue weighted by molar-refractivity contribution is 0.162. The van der Waals surface area contributed by atoms with E-state index in [0.29, 0.717) is 35.7 Å². The van der Waals surface area contributed by atoms with E-state index in [-0.39, 0.29) is 23.7 Å². The van der Waals surface area contributed by atoms with Crippen LogP contribution in [0.15, 0.2) is 97.1 Å². The number of hydrogen-bond donors (Lipinski definition) is 3. The number of ether oxygens (including phenoxy) is 1. The first kappa shape index (κ1) is 26.7. The monoisotopic (exact) mass is 542 g/mol. The summed E-state index contributed by atoms with van der Waals surface area (Å²) in [5.74, 6) is 0.379. The molecule has 0 spiro atoms. The molecular weight excluding hydrogens is 511 g/mol. The van der Waals surface area contributed by atoms with Crippen LogP contribution in [0.2, 0.25) is 0 Å². The predicted octanol–water partition coefficient (Wildman–Crippen LogP) is 6.92. The van der Waals surface area contributed by atoms with Crippen LogP contribution in [0.25, 0.3) is 11.1 Å². The first-order chi connectivity index (χ1) is 18.9. The highest BCUT2D eigenvalue weighted by atomic mass is 32.1. The van der Waals surface area contributed by atoms with Crippen LogP contribution in [0.5, 0.6) is 11.5 Å². The number of phenols is 1. The molecule has 1 saturated heterocycles. The molecule has 1 aliphatic rings. The van der Waals surface area contributed by atoms with E-state index in [1.807, 2.05) is 47.4 Å². The number of methoxy groups -OCH3 is 1. The van der Waals surface area contributed by atoms with Gasteiger partial charge in [0.15, 0.2) is 5.11 Å². The van der Waals surface area contributed by atoms with Crippen LogP contribution in [0.4, 0.5) is 10.1 Å². The molecule has 1 heterocycles. The summed E-state index contributed by atoms with van der Waals surface area (Å²) in [4.78, 5) is 2.05. The quantitative estimate of drug-likeness (QED) is 0.200. The highest BCUT2D eigenvalue weighted by Gasteiger charge is 2.40. The Morgan fingerprint density at radius 2 is 1.64 bits per heavy atom. The SMILES string of the molecule is COc1ccc([C@@H]2[C@@H](CCCC(O)c3ccc(F)cc3)NC(=S)N2c2ccc(-c3ccccc3)cc2)c(O)c1. The van der Waals surface area contributed by atoms with Crippen LogP contribution in [0.3, 0.4) is 0 Å². The second-order valence-corrected chi connectivity index (χ2v) is 10.1. The summed E-state index contributed by atoms with van der Waals surface area (Å²) in [7, 11) is 1.57. The molecular formula is C32H31FN2O3S. The van der Waals surface area contributed by atoms with Crippen LogP contribution in [0.1, 0.15) is 42.5 Å². The van der Waals surface area contributed by atoms with Gasteiger partial charge >= 0.3 is 0 Å². The maximum absolute atomic E-state index is 13.3. The molecule has 0 saturated carbocycles. The second-order valence-electron chi connectivity index (χ2n) is 9.71. The van der Waals surface area contributed by atoms with Crippen molar-refractivity contribution < 1.29 is 19.3 Å². The number of halogens is 1. The fourth-order valence-corrected chi connectivity index (χ4v) is 5.58. The highest BCUT2D eigenvalue weighted by molar-refractivity contribution is 7.80. The van der Waals surface area contributed by atoms with Crippen LogP contribution in [0, 0.1) is 5.82 Å². The molecule has 1 unspecified atom stereocenters. The average Bonchev–Trinajstić information content (AvgIpc) is 3.29. The fraction of sp³-hybridized carbons (Fsp3) is 0.219. The van der Waals surface area contributed by atoms with E-state index < -0.39 is 6.10 Å². The second kappa shape index (κ2) is 11.8. The van der Waals surface area contributed by atoms with Crippen molar-refractivity contribution in [3.8, 4) is 22.6 Å². The number of thiocarbonyl (C=S) groups is 1. The first-order valence-corrected chi connectivity index (χ1v) is 13.4. The van der Waals surface area contributed by atoms with Crippen molar-refractivity contribution in [1.29, 1.82) is 0 Å². The Kier molecular flexibility index (Phi) is 8.10. The molecule has 5 nitrogen and oxygen atoms in total. The molecule has 0 aromatic heterocycles. The summed E-state index contributed by atoms with van der Waals surface area (Å²) in [5, 5.41) is 25.7. The van der Waals surface area contributed by atoms with Crippen molar-refractivity contribution in [2.45, 2.75) is 37.5 Å². The minimum atomic E-state index is -0.687. The zero-order valence-electron chi connectivity index (χ0n) is 21.6. The number of nitrogens with one attached hydrogen (secondary N) is 1. The fourth-order valence-electron chi connectivity index (χ4n) is 5.21. The van der Waals surface area contributed by atoms with Crippen molar-refractivity contribution in [1.82, 2.24) is 5.32 Å². The standard InChI is InChI=1S/C32H31FN2O3S/c1-38-26-18-19-27(30(37)20-26)31-28(8-5-9-29(36)23-10-14-24(33)15-11-23)34-32(39)35(31)25-16-12-22(13-17-25)21-6-3-2-4-7-21/h2-4,6-7,10-20,28-29,31,36-37H,5,8-9H2,1H3,(H,34,39)/t28-,29?,31-/m1/s1. The lowest BCUT2D eigenvalue weighted by Gasteiger charge is -2.29. The van der Waals surface area contributed by atoms with Crippen LogP contribution < -0.4 is 15.0 Å². The zero-order valence-corrected chi connectivity index (χ0v) is 22.4. The van der Waals surface area contributed by atoms with E-state index in [1.165, 1.54) is 12.1 Å². The molecule has 200 valence electrons. The van der Waals surface area contributed by atoms with Gasteiger partial charge in [0.1, 0.15) is 17.3 Å². The smallest absolute Gasteiger partial charge is 0.174 e. The van der Waals surface area contributed by atoms with E-state index in [9.17, 15) is 14.6 Å². The lowest BCUT2D eigenvalue weighted by atomic mass is 9.93. The zero-order chi connectivity index (χ0) is 27.4. The molecule has 1 fully saturated rings. The van der Waals surface area contributed by atoms with Crippen LogP contribution >= 0.6 is 12.2 Å². The molecule has 1 aliphatic heterocycles. The molecule has 4 aromatic carbocycles. The Bertz CT molecular complexity index is 1410. The van der Waals surface area contributed by atoms with Gasteiger partial charge in [0.25, 0.3) is 0 Å². The summed E-state index contributed by atoms with van der Waals surface area (Å²) in [6.45, 7) is 0. The van der Waals surface area contributed by atoms with Crippen LogP contribution in [-0.2, 0) is 0 Å². The molecule has 0 radical (unpaired) electrons. The van der Waals surface area contributed by atoms with Gasteiger partial charge in [0.2, 0.25) is 0 Å². The summed E-state index contributed by atoms with van der Waals surface area (Å²) in [6, 6.07) is 29.3. The van der Waals surface area contributed by atoms with Gasteiger partial charge in [-0.3, -0.25) is 0 Å². The molecule has 39 heavy (non-hydrogen) atoms. The Morgan fingerprint density at radius 1 is 0.949 bits per heavy atom. The van der Waals surface area contributed by atoms with E-state index in [1.54, 1.807) is 25.3 Å². The minimum Gasteiger partial charge on any atom is -0.507 e. The summed E-state index contributed by atoms with van der Waals surface area (Å²) in [5.41, 5.74) is 4.58. The maximum atomic E-state index is 13.3. The maximum Gasteiger partial charge on any atom is 0.174 e. The molecule has 3 atom stereocenters. The average molecular weight is 543 g/mol. The van der Waals surface area contributed by atoms with E-state index in [0.717, 1.165) is 22.4 Å². The largest absolute Gasteiger partial charge is 0.507 e. The number of benzene rings is 4. The third-order valence-corrected chi connectivity index (χ3v) is 7.56. The summed E-state index contributed by atoms with van der Waals surface area (Å²) >= 11 is 5.81. The molecule has 5 rings (SSSR count). The molecule has 0 bridgehead atoms. The van der Waals surface area contributed by atoms with E-state index >= 15 is 0 Å². The number of aliphatic hydroxyl groups is 1. The molecule has 0 amide bonds. The van der Waals surface area contributed by atoms with Crippen molar-refractivity contribution in [2.75, 3.05) is 12.0 Å². The van der Waals surface area contributed by atoms with Gasteiger partial charge in [-0.2, -0.15) is 0 Å². The predicted molar refractivity (Wildman–Crippen MR) is 156 cm³/mol. The van der Waals surface area contributed by atoms with Gasteiger partial charge in [-0.25, -0.2) is 4.39 Å². The highest BCUT2D eigenvalue weighted by Crippen LogP contribution is 2.41. The van der Waals surface area contributed by atoms with Gasteiger partial charge in [0, 0.05) is 17.3 Å². The summed E-state index contributed by atoms with van der Waals surface area (Å²) in [6.07, 6.45) is 1.23. The lowest BCUT2D eigenvalue weighted by Crippen LogP contribution is -2.29. The van der Waals surface area contributed by atoms with Crippen LogP contribution in [-0.4, -0.2) is 28.5 Å². The van der Waals surface area contributed by atoms with Gasteiger partial charge in [-0.15, -0.1) is 0 Å². The van der Waals surface area contributed by atoms with E-state index in [2.05, 4.69) is 29.6 Å². The third-order valence-electron chi connectivity index (χ3n) is 7.24. The normalized spacial score (nSPS) is 17.6. The molecule has 3 N–H and O–H groups in total. The summed E-state index contributed by atoms with van der Waals surface area (Å²) < 4.78 is 18.6. The Hall–Kier alpha value is -3.94. The number of hydrogen-bond acceptors (Lipinski definition) is 4. The van der Waals surface area contributed by atoms with Crippen molar-refractivity contribution in [3.05, 3.63) is 114 Å². The number of aliphatic hydroxyl groups excluding tert-OH is 1. The van der Waals surface area contributed by atoms with Gasteiger partial charge in [0.05, 0.1) is 25.3 Å². The number of nitrogens with zero attached hydrogens (tertiary/aromatic N) is 1. The Morgan fingerprint density at radius 3 is 2.31 bits per heavy atom. The Balaban J connectivity index is 1.39. The van der Waals surface area contributed by atoms with Gasteiger partial charge < -0.3 is 25.2 Å². The number of aromatic hydroxyl groups is 1. The van der Waals surface area contributed by atoms with Gasteiger partial charge in [-0.05, 0) is 84.6 Å².